The Labute approximate surface area is 105 Å². The number of sulfonamides is 1. The van der Waals surface area contributed by atoms with Crippen LogP contribution in [0.25, 0.3) is 0 Å². The van der Waals surface area contributed by atoms with E-state index >= 15 is 0 Å². The second-order valence-corrected chi connectivity index (χ2v) is 6.96. The largest absolute Gasteiger partial charge is 0.240 e. The molecule has 1 N–H and O–H groups in total. The van der Waals surface area contributed by atoms with Crippen LogP contribution in [0.5, 0.6) is 0 Å². The van der Waals surface area contributed by atoms with Gasteiger partial charge in [0, 0.05) is 11.4 Å². The molecule has 16 heavy (non-hydrogen) atoms. The Morgan fingerprint density at radius 3 is 2.31 bits per heavy atom. The highest BCUT2D eigenvalue weighted by atomic mass is 79.9. The fourth-order valence-corrected chi connectivity index (χ4v) is 2.82. The average molecular weight is 306 g/mol. The van der Waals surface area contributed by atoms with E-state index in [4.69, 9.17) is 0 Å². The van der Waals surface area contributed by atoms with Gasteiger partial charge in [0.05, 0.1) is 4.90 Å². The topological polar surface area (TPSA) is 46.2 Å². The molecule has 0 saturated heterocycles. The van der Waals surface area contributed by atoms with E-state index in [1.807, 2.05) is 12.1 Å². The summed E-state index contributed by atoms with van der Waals surface area (Å²) in [5.74, 6) is 0. The third kappa shape index (κ3) is 3.88. The lowest BCUT2D eigenvalue weighted by Gasteiger charge is -2.06. The molecule has 3 nitrogen and oxygen atoms in total. The van der Waals surface area contributed by atoms with Crippen LogP contribution in [0.2, 0.25) is 0 Å². The van der Waals surface area contributed by atoms with Gasteiger partial charge >= 0.3 is 0 Å². The maximum absolute atomic E-state index is 11.6. The molecule has 90 valence electrons. The number of benzene rings is 1. The zero-order valence-electron chi connectivity index (χ0n) is 9.40. The number of alkyl halides is 1. The zero-order chi connectivity index (χ0) is 12.2. The first kappa shape index (κ1) is 13.7. The number of halogens is 1. The van der Waals surface area contributed by atoms with Crippen LogP contribution in [0.3, 0.4) is 0 Å². The maximum Gasteiger partial charge on any atom is 0.240 e. The van der Waals surface area contributed by atoms with E-state index in [0.29, 0.717) is 16.3 Å². The lowest BCUT2D eigenvalue weighted by molar-refractivity contribution is 0.584. The molecule has 0 aliphatic carbocycles. The summed E-state index contributed by atoms with van der Waals surface area (Å²) >= 11 is 3.46. The monoisotopic (exact) mass is 305 g/mol. The van der Waals surface area contributed by atoms with Crippen LogP contribution in [-0.4, -0.2) is 19.8 Å². The first-order valence-electron chi connectivity index (χ1n) is 5.18. The summed E-state index contributed by atoms with van der Waals surface area (Å²) in [5, 5.41) is 0. The van der Waals surface area contributed by atoms with Crippen molar-refractivity contribution in [2.45, 2.75) is 30.0 Å². The highest BCUT2D eigenvalue weighted by molar-refractivity contribution is 9.09. The third-order valence-corrected chi connectivity index (χ3v) is 3.97. The van der Waals surface area contributed by atoms with Crippen molar-refractivity contribution < 1.29 is 8.42 Å². The van der Waals surface area contributed by atoms with Gasteiger partial charge in [0.1, 0.15) is 0 Å². The van der Waals surface area contributed by atoms with Gasteiger partial charge in [0.15, 0.2) is 0 Å². The van der Waals surface area contributed by atoms with Crippen LogP contribution in [0.1, 0.15) is 19.4 Å². The van der Waals surface area contributed by atoms with Gasteiger partial charge < -0.3 is 0 Å². The molecule has 1 unspecified atom stereocenters. The molecule has 5 heteroatoms. The van der Waals surface area contributed by atoms with Gasteiger partial charge in [-0.05, 0) is 24.1 Å². The number of hydrogen-bond acceptors (Lipinski definition) is 2. The summed E-state index contributed by atoms with van der Waals surface area (Å²) in [4.78, 5) is 0.712. The predicted molar refractivity (Wildman–Crippen MR) is 69.4 cm³/mol. The van der Waals surface area contributed by atoms with E-state index < -0.39 is 10.0 Å². The summed E-state index contributed by atoms with van der Waals surface area (Å²) in [5.41, 5.74) is 1.12. The van der Waals surface area contributed by atoms with Gasteiger partial charge in [-0.15, -0.1) is 0 Å². The second-order valence-electron chi connectivity index (χ2n) is 3.63. The van der Waals surface area contributed by atoms with Gasteiger partial charge in [-0.25, -0.2) is 13.1 Å². The predicted octanol–water partition coefficient (Wildman–Crippen LogP) is 2.31. The van der Waals surface area contributed by atoms with Crippen molar-refractivity contribution in [2.75, 3.05) is 6.54 Å². The second kappa shape index (κ2) is 5.80. The molecule has 0 heterocycles. The third-order valence-electron chi connectivity index (χ3n) is 2.08. The van der Waals surface area contributed by atoms with Crippen molar-refractivity contribution in [3.05, 3.63) is 29.8 Å². The minimum absolute atomic E-state index is 0.320. The lowest BCUT2D eigenvalue weighted by Crippen LogP contribution is -2.23. The van der Waals surface area contributed by atoms with Gasteiger partial charge in [-0.1, -0.05) is 41.9 Å². The molecule has 0 saturated carbocycles. The fraction of sp³-hybridized carbons (Fsp3) is 0.455. The first-order chi connectivity index (χ1) is 7.45. The molecule has 0 aliphatic rings. The van der Waals surface area contributed by atoms with Crippen LogP contribution in [0, 0.1) is 0 Å². The summed E-state index contributed by atoms with van der Waals surface area (Å²) in [6.45, 7) is 4.23. The highest BCUT2D eigenvalue weighted by Gasteiger charge is 2.11. The van der Waals surface area contributed by atoms with E-state index in [1.54, 1.807) is 19.1 Å². The van der Waals surface area contributed by atoms with Crippen LogP contribution >= 0.6 is 15.9 Å². The lowest BCUT2D eigenvalue weighted by atomic mass is 10.1. The first-order valence-corrected chi connectivity index (χ1v) is 7.58. The molecule has 0 aliphatic heterocycles. The molecule has 0 radical (unpaired) electrons. The maximum atomic E-state index is 11.6. The van der Waals surface area contributed by atoms with Crippen molar-refractivity contribution in [3.63, 3.8) is 0 Å². The molecule has 0 aromatic heterocycles. The molecule has 0 spiro atoms. The Kier molecular flexibility index (Phi) is 4.95. The van der Waals surface area contributed by atoms with Crippen molar-refractivity contribution in [2.24, 2.45) is 0 Å². The Balaban J connectivity index is 2.87. The van der Waals surface area contributed by atoms with Crippen molar-refractivity contribution >= 4 is 26.0 Å². The molecular formula is C11H16BrNO2S. The number of nitrogens with one attached hydrogen (secondary N) is 1. The summed E-state index contributed by atoms with van der Waals surface area (Å²) in [7, 11) is -3.32. The van der Waals surface area contributed by atoms with Crippen molar-refractivity contribution in [1.82, 2.24) is 4.72 Å². The molecule has 0 amide bonds. The molecule has 0 fully saturated rings. The Morgan fingerprint density at radius 2 is 1.88 bits per heavy atom. The molecule has 1 atom stereocenters. The van der Waals surface area contributed by atoms with Gasteiger partial charge in [-0.3, -0.25) is 0 Å². The Morgan fingerprint density at radius 1 is 1.31 bits per heavy atom. The molecule has 1 rings (SSSR count). The van der Waals surface area contributed by atoms with Crippen molar-refractivity contribution in [3.8, 4) is 0 Å². The van der Waals surface area contributed by atoms with Crippen LogP contribution < -0.4 is 4.72 Å². The summed E-state index contributed by atoms with van der Waals surface area (Å²) in [6.07, 6.45) is 0.890. The van der Waals surface area contributed by atoms with E-state index in [-0.39, 0.29) is 0 Å². The minimum Gasteiger partial charge on any atom is -0.211 e. The molecule has 1 aromatic carbocycles. The normalized spacial score (nSPS) is 13.7. The molecule has 0 bridgehead atoms. The van der Waals surface area contributed by atoms with E-state index in [2.05, 4.69) is 27.6 Å². The average Bonchev–Trinajstić information content (AvgIpc) is 2.17. The SMILES string of the molecule is CCNS(=O)(=O)c1ccc(CC(C)Br)cc1. The summed E-state index contributed by atoms with van der Waals surface area (Å²) in [6, 6.07) is 6.98. The molecular weight excluding hydrogens is 290 g/mol. The standard InChI is InChI=1S/C11H16BrNO2S/c1-3-13-16(14,15)11-6-4-10(5-7-11)8-9(2)12/h4-7,9,13H,3,8H2,1-2H3. The fourth-order valence-electron chi connectivity index (χ4n) is 1.40. The minimum atomic E-state index is -3.32. The van der Waals surface area contributed by atoms with E-state index in [9.17, 15) is 8.42 Å². The van der Waals surface area contributed by atoms with E-state index in [0.717, 1.165) is 12.0 Å². The molecule has 1 aromatic rings. The van der Waals surface area contributed by atoms with Gasteiger partial charge in [0.25, 0.3) is 0 Å². The van der Waals surface area contributed by atoms with Gasteiger partial charge in [0.2, 0.25) is 10.0 Å². The smallest absolute Gasteiger partial charge is 0.211 e. The van der Waals surface area contributed by atoms with Crippen LogP contribution in [-0.2, 0) is 16.4 Å². The number of rotatable bonds is 5. The quantitative estimate of drug-likeness (QED) is 0.849. The van der Waals surface area contributed by atoms with Gasteiger partial charge in [-0.2, -0.15) is 0 Å². The van der Waals surface area contributed by atoms with Crippen LogP contribution in [0.4, 0.5) is 0 Å². The number of hydrogen-bond donors (Lipinski definition) is 1. The van der Waals surface area contributed by atoms with E-state index in [1.165, 1.54) is 0 Å². The Bertz CT molecular complexity index is 426. The Hall–Kier alpha value is -0.390. The zero-order valence-corrected chi connectivity index (χ0v) is 11.8. The summed E-state index contributed by atoms with van der Waals surface area (Å²) < 4.78 is 25.8. The highest BCUT2D eigenvalue weighted by Crippen LogP contribution is 2.13. The van der Waals surface area contributed by atoms with Crippen molar-refractivity contribution in [1.29, 1.82) is 0 Å². The van der Waals surface area contributed by atoms with Crippen LogP contribution in [0.15, 0.2) is 29.2 Å².